The number of ketones is 1. The van der Waals surface area contributed by atoms with Crippen molar-refractivity contribution in [2.24, 2.45) is 23.7 Å². The number of rotatable bonds is 15. The van der Waals surface area contributed by atoms with Crippen LogP contribution < -0.4 is 16.0 Å². The number of nitrogens with one attached hydrogen (secondary N) is 4. The van der Waals surface area contributed by atoms with E-state index in [0.29, 0.717) is 23.3 Å². The van der Waals surface area contributed by atoms with Gasteiger partial charge in [0.25, 0.3) is 0 Å². The Hall–Kier alpha value is -4.79. The van der Waals surface area contributed by atoms with Crippen LogP contribution in [0.15, 0.2) is 23.0 Å². The summed E-state index contributed by atoms with van der Waals surface area (Å²) in [7, 11) is 1.33. The molecule has 1 fully saturated rings. The molecule has 8 bridgehead atoms. The highest BCUT2D eigenvalue weighted by Crippen LogP contribution is 2.48. The summed E-state index contributed by atoms with van der Waals surface area (Å²) in [5, 5.41) is 5.74. The number of methoxy groups -OCH3 is 1. The van der Waals surface area contributed by atoms with Gasteiger partial charge >= 0.3 is 11.9 Å². The van der Waals surface area contributed by atoms with Gasteiger partial charge in [-0.25, -0.2) is 0 Å². The zero-order valence-corrected chi connectivity index (χ0v) is 35.9. The smallest absolute Gasteiger partial charge is 0.321 e. The normalized spacial score (nSPS) is 22.6. The quantitative estimate of drug-likeness (QED) is 0.0696. The second-order valence-electron chi connectivity index (χ2n) is 16.7. The molecular formula is C48H64N4O5. The van der Waals surface area contributed by atoms with Crippen LogP contribution in [0.4, 0.5) is 0 Å². The maximum Gasteiger partial charge on any atom is 0.321 e. The molecule has 9 heteroatoms. The predicted octanol–water partition coefficient (Wildman–Crippen LogP) is 8.55. The molecule has 57 heavy (non-hydrogen) atoms. The number of carbonyl (C=O) groups is 3. The van der Waals surface area contributed by atoms with Gasteiger partial charge in [0, 0.05) is 68.6 Å². The Kier molecular flexibility index (Phi) is 13.0. The van der Waals surface area contributed by atoms with E-state index in [1.807, 2.05) is 13.0 Å². The van der Waals surface area contributed by atoms with Crippen molar-refractivity contribution in [2.45, 2.75) is 127 Å². The van der Waals surface area contributed by atoms with Gasteiger partial charge in [0.05, 0.1) is 12.8 Å². The molecule has 0 unspecified atom stereocenters. The lowest BCUT2D eigenvalue weighted by Crippen LogP contribution is -2.25. The predicted molar refractivity (Wildman–Crippen MR) is 229 cm³/mol. The first-order valence-corrected chi connectivity index (χ1v) is 21.3. The highest BCUT2D eigenvalue weighted by Gasteiger charge is 2.48. The van der Waals surface area contributed by atoms with Gasteiger partial charge in [-0.15, -0.1) is 0 Å². The highest BCUT2D eigenvalue weighted by molar-refractivity contribution is 6.24. The number of esters is 2. The van der Waals surface area contributed by atoms with Gasteiger partial charge in [-0.05, 0) is 118 Å². The molecule has 0 aromatic carbocycles. The fourth-order valence-corrected chi connectivity index (χ4v) is 9.38. The molecule has 306 valence electrons. The molecule has 0 saturated carbocycles. The molecule has 4 atom stereocenters. The summed E-state index contributed by atoms with van der Waals surface area (Å²) in [6.07, 6.45) is 18.0. The molecule has 1 aliphatic carbocycles. The van der Waals surface area contributed by atoms with Crippen molar-refractivity contribution < 1.29 is 23.9 Å². The molecule has 0 radical (unpaired) electrons. The van der Waals surface area contributed by atoms with Crippen molar-refractivity contribution in [1.82, 2.24) is 20.3 Å². The molecule has 0 amide bonds. The van der Waals surface area contributed by atoms with Crippen LogP contribution in [0, 0.1) is 44.4 Å². The number of hydrogen-bond donors (Lipinski definition) is 4. The van der Waals surface area contributed by atoms with Crippen LogP contribution in [-0.4, -0.2) is 46.4 Å². The van der Waals surface area contributed by atoms with Crippen molar-refractivity contribution in [3.63, 3.8) is 0 Å². The van der Waals surface area contributed by atoms with E-state index in [9.17, 15) is 14.4 Å². The first-order valence-electron chi connectivity index (χ1n) is 21.3. The van der Waals surface area contributed by atoms with Crippen LogP contribution in [0.3, 0.4) is 0 Å². The summed E-state index contributed by atoms with van der Waals surface area (Å²) < 4.78 is 11.0. The zero-order valence-electron chi connectivity index (χ0n) is 35.9. The van der Waals surface area contributed by atoms with Gasteiger partial charge in [-0.1, -0.05) is 65.9 Å². The Morgan fingerprint density at radius 1 is 0.860 bits per heavy atom. The second-order valence-corrected chi connectivity index (χ2v) is 16.7. The topological polar surface area (TPSA) is 129 Å². The van der Waals surface area contributed by atoms with Gasteiger partial charge in [0.1, 0.15) is 12.5 Å². The first kappa shape index (κ1) is 41.8. The van der Waals surface area contributed by atoms with E-state index < -0.39 is 11.9 Å². The minimum atomic E-state index is -1.13. The van der Waals surface area contributed by atoms with Gasteiger partial charge in [-0.3, -0.25) is 14.4 Å². The number of hydrogen-bond acceptors (Lipinski definition) is 6. The summed E-state index contributed by atoms with van der Waals surface area (Å²) in [4.78, 5) is 52.2. The summed E-state index contributed by atoms with van der Waals surface area (Å²) in [6, 6.07) is 0. The Labute approximate surface area is 338 Å². The first-order chi connectivity index (χ1) is 27.3. The van der Waals surface area contributed by atoms with Crippen LogP contribution in [0.1, 0.15) is 154 Å². The van der Waals surface area contributed by atoms with E-state index >= 15 is 0 Å². The summed E-state index contributed by atoms with van der Waals surface area (Å²) >= 11 is 0. The minimum Gasteiger partial charge on any atom is -0.468 e. The number of unbranched alkanes of at least 4 members (excludes halogenated alkanes) is 1. The molecule has 4 N–H and O–H groups in total. The van der Waals surface area contributed by atoms with Crippen LogP contribution in [-0.2, 0) is 31.9 Å². The standard InChI is InChI=1S/C48H64N4O5/c1-11-14-16-26(4)17-15-18-27(5)21-22-57-41(53)20-19-34-30(8)37-23-35-28(6)32(12-2)39(49-35)24-36-29(7)33(13-3)40(50-36)25-38-31(9)42-46(52-38)43(45(34)51-37)44(47(42)54)48(55)56-10/h21,23-26,30,34,44,49-52H,11-20,22H2,1-10H3/b27-21-,36-24-,37-23-,40-25-,45-43-/t26-,30+,34+,44-/m1/s1. The SMILES string of the molecule is CCCC[C@@H](C)CCC/C(C)=C\COC(=O)CC[C@@H]1/C2=C3/c4[nH]c(c(C)c4C(=O)[C@@H]3C(=O)OC)/C=c3\[nH]/c(c(C)c3CC)=C\c3[nH]c(c(C)c3CC)/C=C(\N2)[C@H]1C. The van der Waals surface area contributed by atoms with Crippen molar-refractivity contribution in [3.8, 4) is 0 Å². The number of aromatic nitrogens is 3. The molecule has 1 saturated heterocycles. The Balaban J connectivity index is 1.39. The third-order valence-corrected chi connectivity index (χ3v) is 13.0. The molecule has 9 nitrogen and oxygen atoms in total. The molecule has 0 spiro atoms. The maximum atomic E-state index is 14.4. The number of fused-ring (bicyclic) bond motifs is 7. The largest absolute Gasteiger partial charge is 0.468 e. The van der Waals surface area contributed by atoms with Gasteiger partial charge in [0.2, 0.25) is 0 Å². The Bertz CT molecular complexity index is 2260. The van der Waals surface area contributed by atoms with E-state index in [2.05, 4.69) is 93.9 Å². The van der Waals surface area contributed by atoms with Gasteiger partial charge < -0.3 is 29.7 Å². The van der Waals surface area contributed by atoms with E-state index in [0.717, 1.165) is 76.3 Å². The third kappa shape index (κ3) is 8.30. The lowest BCUT2D eigenvalue weighted by molar-refractivity contribution is -0.143. The molecule has 6 rings (SSSR count). The van der Waals surface area contributed by atoms with Crippen molar-refractivity contribution >= 4 is 41.5 Å². The number of H-pyrrole nitrogens is 3. The summed E-state index contributed by atoms with van der Waals surface area (Å²) in [5.74, 6) is -1.78. The molecule has 3 aliphatic rings. The van der Waals surface area contributed by atoms with Crippen LogP contribution in [0.2, 0.25) is 0 Å². The molecule has 2 aliphatic heterocycles. The van der Waals surface area contributed by atoms with Gasteiger partial charge in [0.15, 0.2) is 5.78 Å². The lowest BCUT2D eigenvalue weighted by Gasteiger charge is -2.19. The third-order valence-electron chi connectivity index (χ3n) is 13.0. The van der Waals surface area contributed by atoms with Crippen molar-refractivity contribution in [3.05, 3.63) is 89.9 Å². The van der Waals surface area contributed by atoms with E-state index in [-0.39, 0.29) is 36.6 Å². The number of carbonyl (C=O) groups excluding carboxylic acids is 3. The van der Waals surface area contributed by atoms with Crippen LogP contribution >= 0.6 is 0 Å². The van der Waals surface area contributed by atoms with Crippen molar-refractivity contribution in [1.29, 1.82) is 0 Å². The maximum absolute atomic E-state index is 14.4. The second kappa shape index (κ2) is 17.8. The average molecular weight is 777 g/mol. The van der Waals surface area contributed by atoms with Gasteiger partial charge in [-0.2, -0.15) is 0 Å². The van der Waals surface area contributed by atoms with E-state index in [4.69, 9.17) is 9.47 Å². The molecule has 5 heterocycles. The average Bonchev–Trinajstić information content (AvgIpc) is 3.93. The minimum absolute atomic E-state index is 0.0579. The molecular weight excluding hydrogens is 713 g/mol. The fraction of sp³-hybridized carbons (Fsp3) is 0.521. The van der Waals surface area contributed by atoms with E-state index in [1.54, 1.807) is 0 Å². The summed E-state index contributed by atoms with van der Waals surface area (Å²) in [5.41, 5.74) is 13.2. The molecule has 3 aromatic rings. The summed E-state index contributed by atoms with van der Waals surface area (Å²) in [6.45, 7) is 19.7. The number of aromatic amines is 3. The van der Waals surface area contributed by atoms with Crippen LogP contribution in [0.5, 0.6) is 0 Å². The number of Topliss-reactive ketones (excluding diaryl/α,β-unsaturated/α-hetero) is 1. The highest BCUT2D eigenvalue weighted by atomic mass is 16.5. The van der Waals surface area contributed by atoms with Crippen LogP contribution in [0.25, 0.3) is 23.8 Å². The number of ether oxygens (including phenoxy) is 2. The van der Waals surface area contributed by atoms with Crippen molar-refractivity contribution in [2.75, 3.05) is 13.7 Å². The Morgan fingerprint density at radius 2 is 1.56 bits per heavy atom. The fourth-order valence-electron chi connectivity index (χ4n) is 9.38. The zero-order chi connectivity index (χ0) is 41.1. The monoisotopic (exact) mass is 776 g/mol. The Morgan fingerprint density at radius 3 is 2.26 bits per heavy atom. The number of allylic oxidation sites excluding steroid dienone is 3. The molecule has 3 aromatic heterocycles. The van der Waals surface area contributed by atoms with E-state index in [1.165, 1.54) is 60.6 Å². The lowest BCUT2D eigenvalue weighted by atomic mass is 9.85.